The summed E-state index contributed by atoms with van der Waals surface area (Å²) in [6, 6.07) is 7.76. The van der Waals surface area contributed by atoms with Crippen LogP contribution in [-0.4, -0.2) is 25.0 Å². The lowest BCUT2D eigenvalue weighted by atomic mass is 9.97. The molecule has 0 radical (unpaired) electrons. The number of aromatic nitrogens is 5. The van der Waals surface area contributed by atoms with Gasteiger partial charge in [-0.15, -0.1) is 16.4 Å². The van der Waals surface area contributed by atoms with Gasteiger partial charge < -0.3 is 4.74 Å². The summed E-state index contributed by atoms with van der Waals surface area (Å²) in [6.07, 6.45) is 9.73. The molecule has 6 nitrogen and oxygen atoms in total. The largest absolute Gasteiger partial charge is 0.438 e. The van der Waals surface area contributed by atoms with Crippen molar-refractivity contribution < 1.29 is 4.74 Å². The molecule has 0 bridgehead atoms. The highest BCUT2D eigenvalue weighted by Gasteiger charge is 2.20. The van der Waals surface area contributed by atoms with Crippen molar-refractivity contribution in [3.8, 4) is 17.3 Å². The van der Waals surface area contributed by atoms with Crippen LogP contribution in [0.3, 0.4) is 0 Å². The van der Waals surface area contributed by atoms with Crippen LogP contribution in [0.4, 0.5) is 0 Å². The summed E-state index contributed by atoms with van der Waals surface area (Å²) in [5, 5.41) is 8.95. The zero-order chi connectivity index (χ0) is 16.6. The van der Waals surface area contributed by atoms with Crippen molar-refractivity contribution in [1.82, 2.24) is 25.0 Å². The molecule has 3 aromatic heterocycles. The van der Waals surface area contributed by atoms with Crippen LogP contribution in [0.5, 0.6) is 11.6 Å². The summed E-state index contributed by atoms with van der Waals surface area (Å²) in [7, 11) is 0. The predicted octanol–water partition coefficient (Wildman–Crippen LogP) is 3.94. The normalized spacial score (nSPS) is 13.8. The first-order chi connectivity index (χ1) is 12.4. The Bertz CT molecular complexity index is 1040. The van der Waals surface area contributed by atoms with Crippen molar-refractivity contribution in [2.75, 3.05) is 0 Å². The highest BCUT2D eigenvalue weighted by atomic mass is 32.1. The van der Waals surface area contributed by atoms with Crippen LogP contribution in [0.25, 0.3) is 15.9 Å². The summed E-state index contributed by atoms with van der Waals surface area (Å²) >= 11 is 1.77. The van der Waals surface area contributed by atoms with E-state index in [0.717, 1.165) is 34.5 Å². The van der Waals surface area contributed by atoms with E-state index < -0.39 is 0 Å². The average Bonchev–Trinajstić information content (AvgIpc) is 3.30. The maximum atomic E-state index is 6.15. The van der Waals surface area contributed by atoms with Gasteiger partial charge in [-0.3, -0.25) is 0 Å². The van der Waals surface area contributed by atoms with Crippen LogP contribution < -0.4 is 4.74 Å². The Balaban J connectivity index is 1.56. The molecule has 1 aromatic carbocycles. The molecule has 0 amide bonds. The molecule has 0 fully saturated rings. The number of ether oxygens (including phenoxy) is 1. The molecular weight excluding hydrogens is 334 g/mol. The molecule has 5 rings (SSSR count). The smallest absolute Gasteiger partial charge is 0.231 e. The molecule has 0 spiro atoms. The van der Waals surface area contributed by atoms with Crippen LogP contribution in [0.1, 0.15) is 23.3 Å². The monoisotopic (exact) mass is 349 g/mol. The minimum Gasteiger partial charge on any atom is -0.438 e. The van der Waals surface area contributed by atoms with Crippen LogP contribution >= 0.6 is 11.3 Å². The van der Waals surface area contributed by atoms with Gasteiger partial charge in [0.05, 0.1) is 23.5 Å². The second-order valence-electron chi connectivity index (χ2n) is 6.02. The Morgan fingerprint density at radius 1 is 1.12 bits per heavy atom. The van der Waals surface area contributed by atoms with Gasteiger partial charge in [0.25, 0.3) is 0 Å². The summed E-state index contributed by atoms with van der Waals surface area (Å²) in [6.45, 7) is 0. The van der Waals surface area contributed by atoms with Gasteiger partial charge >= 0.3 is 0 Å². The number of hydrogen-bond acceptors (Lipinski definition) is 6. The quantitative estimate of drug-likeness (QED) is 0.560. The van der Waals surface area contributed by atoms with Gasteiger partial charge in [0.2, 0.25) is 5.88 Å². The Hall–Kier alpha value is -2.80. The molecule has 25 heavy (non-hydrogen) atoms. The predicted molar refractivity (Wildman–Crippen MR) is 95.5 cm³/mol. The molecule has 3 heterocycles. The molecule has 4 aromatic rings. The molecule has 7 heteroatoms. The van der Waals surface area contributed by atoms with Crippen LogP contribution in [-0.2, 0) is 12.8 Å². The van der Waals surface area contributed by atoms with Crippen molar-refractivity contribution in [3.05, 3.63) is 53.4 Å². The molecule has 1 aliphatic rings. The number of aryl methyl sites for hydroxylation is 2. The van der Waals surface area contributed by atoms with Gasteiger partial charge in [0.1, 0.15) is 16.9 Å². The molecule has 0 saturated carbocycles. The molecule has 0 aliphatic heterocycles. The van der Waals surface area contributed by atoms with Crippen molar-refractivity contribution in [2.45, 2.75) is 25.7 Å². The van der Waals surface area contributed by atoms with Crippen LogP contribution in [0.2, 0.25) is 0 Å². The lowest BCUT2D eigenvalue weighted by Crippen LogP contribution is -2.00. The number of rotatable bonds is 3. The van der Waals surface area contributed by atoms with E-state index in [1.54, 1.807) is 34.7 Å². The van der Waals surface area contributed by atoms with Gasteiger partial charge in [-0.05, 0) is 43.4 Å². The number of benzene rings is 1. The standard InChI is InChI=1S/C18H15N5OS/c1-2-7-15-14(6-1)16-17(19-11-20-18(16)25-15)24-13-5-3-4-12(10-13)23-9-8-21-22-23/h3-5,8-11H,1-2,6-7H2. The Kier molecular flexibility index (Phi) is 3.45. The third-order valence-electron chi connectivity index (χ3n) is 4.44. The lowest BCUT2D eigenvalue weighted by Gasteiger charge is -2.12. The third-order valence-corrected chi connectivity index (χ3v) is 5.64. The van der Waals surface area contributed by atoms with E-state index in [-0.39, 0.29) is 0 Å². The number of thiophene rings is 1. The zero-order valence-corrected chi connectivity index (χ0v) is 14.2. The van der Waals surface area contributed by atoms with Gasteiger partial charge in [0.15, 0.2) is 0 Å². The van der Waals surface area contributed by atoms with Gasteiger partial charge in [0, 0.05) is 10.9 Å². The highest BCUT2D eigenvalue weighted by Crippen LogP contribution is 2.40. The van der Waals surface area contributed by atoms with Gasteiger partial charge in [-0.25, -0.2) is 14.6 Å². The van der Waals surface area contributed by atoms with Crippen LogP contribution in [0.15, 0.2) is 43.0 Å². The van der Waals surface area contributed by atoms with Gasteiger partial charge in [-0.2, -0.15) is 0 Å². The third kappa shape index (κ3) is 2.56. The van der Waals surface area contributed by atoms with E-state index in [4.69, 9.17) is 4.74 Å². The summed E-state index contributed by atoms with van der Waals surface area (Å²) in [4.78, 5) is 11.3. The zero-order valence-electron chi connectivity index (χ0n) is 13.4. The van der Waals surface area contributed by atoms with E-state index in [9.17, 15) is 0 Å². The number of fused-ring (bicyclic) bond motifs is 3. The van der Waals surface area contributed by atoms with E-state index in [1.165, 1.54) is 23.3 Å². The minimum absolute atomic E-state index is 0.639. The fourth-order valence-electron chi connectivity index (χ4n) is 3.29. The van der Waals surface area contributed by atoms with E-state index >= 15 is 0 Å². The van der Waals surface area contributed by atoms with Crippen molar-refractivity contribution in [3.63, 3.8) is 0 Å². The SMILES string of the molecule is c1cc(Oc2ncnc3sc4c(c23)CCCC4)cc(-n2ccnn2)c1. The summed E-state index contributed by atoms with van der Waals surface area (Å²) in [5.74, 6) is 1.36. The van der Waals surface area contributed by atoms with E-state index in [1.807, 2.05) is 24.3 Å². The second kappa shape index (κ2) is 5.93. The maximum absolute atomic E-state index is 6.15. The summed E-state index contributed by atoms with van der Waals surface area (Å²) < 4.78 is 7.85. The highest BCUT2D eigenvalue weighted by molar-refractivity contribution is 7.18. The second-order valence-corrected chi connectivity index (χ2v) is 7.10. The molecular formula is C18H15N5OS. The van der Waals surface area contributed by atoms with Gasteiger partial charge in [-0.1, -0.05) is 11.3 Å². The van der Waals surface area contributed by atoms with Crippen molar-refractivity contribution >= 4 is 21.6 Å². The lowest BCUT2D eigenvalue weighted by molar-refractivity contribution is 0.467. The first kappa shape index (κ1) is 14.5. The number of hydrogen-bond donors (Lipinski definition) is 0. The molecule has 0 saturated heterocycles. The molecule has 0 atom stereocenters. The van der Waals surface area contributed by atoms with E-state index in [0.29, 0.717) is 5.88 Å². The Morgan fingerprint density at radius 3 is 3.00 bits per heavy atom. The molecule has 124 valence electrons. The molecule has 1 aliphatic carbocycles. The first-order valence-electron chi connectivity index (χ1n) is 8.28. The Morgan fingerprint density at radius 2 is 2.08 bits per heavy atom. The fraction of sp³-hybridized carbons (Fsp3) is 0.222. The van der Waals surface area contributed by atoms with Crippen molar-refractivity contribution in [2.24, 2.45) is 0 Å². The van der Waals surface area contributed by atoms with Crippen LogP contribution in [0, 0.1) is 0 Å². The number of nitrogens with zero attached hydrogens (tertiary/aromatic N) is 5. The minimum atomic E-state index is 0.639. The fourth-order valence-corrected chi connectivity index (χ4v) is 4.51. The first-order valence-corrected chi connectivity index (χ1v) is 9.10. The maximum Gasteiger partial charge on any atom is 0.231 e. The summed E-state index contributed by atoms with van der Waals surface area (Å²) in [5.41, 5.74) is 2.27. The topological polar surface area (TPSA) is 65.7 Å². The molecule has 0 unspecified atom stereocenters. The average molecular weight is 349 g/mol. The molecule has 0 N–H and O–H groups in total. The Labute approximate surface area is 148 Å². The van der Waals surface area contributed by atoms with E-state index in [2.05, 4.69) is 20.3 Å². The van der Waals surface area contributed by atoms with Crippen molar-refractivity contribution in [1.29, 1.82) is 0 Å².